The van der Waals surface area contributed by atoms with Gasteiger partial charge in [0, 0.05) is 19.1 Å². The molecule has 0 radical (unpaired) electrons. The average molecular weight is 257 g/mol. The summed E-state index contributed by atoms with van der Waals surface area (Å²) in [6.45, 7) is 7.77. The molecule has 0 amide bonds. The number of carbonyl (C=O) groups is 1. The molecule has 0 aromatic heterocycles. The quantitative estimate of drug-likeness (QED) is 0.754. The molecule has 2 atom stereocenters. The summed E-state index contributed by atoms with van der Waals surface area (Å²) in [5.74, 6) is -0.914. The van der Waals surface area contributed by atoms with Gasteiger partial charge in [-0.3, -0.25) is 9.69 Å². The number of aliphatic carboxylic acids is 1. The van der Waals surface area contributed by atoms with Crippen molar-refractivity contribution in [2.24, 2.45) is 5.73 Å². The number of rotatable bonds is 5. The Kier molecular flexibility index (Phi) is 5.56. The molecule has 5 nitrogen and oxygen atoms in total. The minimum absolute atomic E-state index is 0.503. The largest absolute Gasteiger partial charge is 0.480 e. The van der Waals surface area contributed by atoms with Crippen molar-refractivity contribution in [2.45, 2.75) is 44.7 Å². The fourth-order valence-electron chi connectivity index (χ4n) is 2.46. The lowest BCUT2D eigenvalue weighted by Crippen LogP contribution is -2.49. The van der Waals surface area contributed by atoms with Crippen LogP contribution < -0.4 is 5.73 Å². The summed E-state index contributed by atoms with van der Waals surface area (Å²) in [6.07, 6.45) is 2.74. The van der Waals surface area contributed by atoms with Gasteiger partial charge in [-0.25, -0.2) is 0 Å². The summed E-state index contributed by atoms with van der Waals surface area (Å²) in [5.41, 5.74) is 4.68. The maximum absolute atomic E-state index is 11.0. The van der Waals surface area contributed by atoms with Crippen molar-refractivity contribution in [3.8, 4) is 0 Å². The van der Waals surface area contributed by atoms with E-state index in [9.17, 15) is 4.79 Å². The zero-order valence-corrected chi connectivity index (χ0v) is 11.9. The molecule has 0 aliphatic carbocycles. The van der Waals surface area contributed by atoms with E-state index in [-0.39, 0.29) is 0 Å². The second-order valence-electron chi connectivity index (χ2n) is 5.69. The van der Waals surface area contributed by atoms with Gasteiger partial charge in [0.2, 0.25) is 0 Å². The summed E-state index contributed by atoms with van der Waals surface area (Å²) < 4.78 is 0. The molecule has 3 N–H and O–H groups in total. The first-order valence-electron chi connectivity index (χ1n) is 6.81. The van der Waals surface area contributed by atoms with Gasteiger partial charge < -0.3 is 15.7 Å². The van der Waals surface area contributed by atoms with Crippen LogP contribution in [0.2, 0.25) is 0 Å². The lowest BCUT2D eigenvalue weighted by molar-refractivity contribution is -0.143. The third-order valence-electron chi connectivity index (χ3n) is 3.90. The summed E-state index contributed by atoms with van der Waals surface area (Å²) >= 11 is 0. The average Bonchev–Trinajstić information content (AvgIpc) is 2.47. The fraction of sp³-hybridized carbons (Fsp3) is 0.923. The van der Waals surface area contributed by atoms with Crippen LogP contribution in [0.4, 0.5) is 0 Å². The number of nitrogens with two attached hydrogens (primary N) is 1. The van der Waals surface area contributed by atoms with E-state index < -0.39 is 11.5 Å². The predicted octanol–water partition coefficient (Wildman–Crippen LogP) is 0.595. The van der Waals surface area contributed by atoms with Crippen molar-refractivity contribution < 1.29 is 9.90 Å². The highest BCUT2D eigenvalue weighted by Crippen LogP contribution is 2.15. The normalized spacial score (nSPS) is 26.6. The highest BCUT2D eigenvalue weighted by molar-refractivity contribution is 5.77. The predicted molar refractivity (Wildman–Crippen MR) is 72.6 cm³/mol. The Hall–Kier alpha value is -0.650. The van der Waals surface area contributed by atoms with Crippen LogP contribution in [0.3, 0.4) is 0 Å². The number of carboxylic acids is 1. The van der Waals surface area contributed by atoms with Crippen LogP contribution >= 0.6 is 0 Å². The lowest BCUT2D eigenvalue weighted by atomic mass is 9.99. The van der Waals surface area contributed by atoms with Gasteiger partial charge in [0.15, 0.2) is 0 Å². The monoisotopic (exact) mass is 257 g/mol. The first kappa shape index (κ1) is 15.4. The van der Waals surface area contributed by atoms with Crippen LogP contribution in [-0.4, -0.2) is 65.7 Å². The molecule has 0 saturated carbocycles. The molecule has 106 valence electrons. The molecule has 0 bridgehead atoms. The maximum Gasteiger partial charge on any atom is 0.323 e. The molecular formula is C13H27N3O2. The van der Waals surface area contributed by atoms with E-state index in [2.05, 4.69) is 23.8 Å². The van der Waals surface area contributed by atoms with Crippen molar-refractivity contribution in [1.82, 2.24) is 9.80 Å². The van der Waals surface area contributed by atoms with E-state index in [0.29, 0.717) is 12.5 Å². The number of hydrogen-bond donors (Lipinski definition) is 2. The first-order chi connectivity index (χ1) is 8.36. The van der Waals surface area contributed by atoms with Crippen LogP contribution in [0.15, 0.2) is 0 Å². The van der Waals surface area contributed by atoms with Gasteiger partial charge >= 0.3 is 5.97 Å². The van der Waals surface area contributed by atoms with Gasteiger partial charge in [0.1, 0.15) is 5.54 Å². The molecule has 18 heavy (non-hydrogen) atoms. The topological polar surface area (TPSA) is 69.8 Å². The van der Waals surface area contributed by atoms with Crippen LogP contribution in [0.25, 0.3) is 0 Å². The van der Waals surface area contributed by atoms with E-state index in [1.54, 1.807) is 6.92 Å². The number of carboxylic acid groups (broad SMARTS) is 1. The summed E-state index contributed by atoms with van der Waals surface area (Å²) in [5, 5.41) is 9.04. The van der Waals surface area contributed by atoms with Crippen molar-refractivity contribution in [3.05, 3.63) is 0 Å². The molecule has 5 heteroatoms. The molecule has 1 aliphatic rings. The molecule has 1 heterocycles. The zero-order valence-electron chi connectivity index (χ0n) is 11.9. The Morgan fingerprint density at radius 3 is 2.72 bits per heavy atom. The smallest absolute Gasteiger partial charge is 0.323 e. The van der Waals surface area contributed by atoms with Crippen molar-refractivity contribution >= 4 is 5.97 Å². The maximum atomic E-state index is 11.0. The summed E-state index contributed by atoms with van der Waals surface area (Å²) in [4.78, 5) is 15.8. The van der Waals surface area contributed by atoms with Crippen molar-refractivity contribution in [2.75, 3.05) is 33.2 Å². The standard InChI is InChI=1S/C13H27N3O2/c1-4-11-10-15(3)7-5-8-16(11)9-6-13(2,14)12(17)18/h11H,4-10,14H2,1-3H3,(H,17,18). The fourth-order valence-corrected chi connectivity index (χ4v) is 2.46. The molecule has 0 aromatic carbocycles. The minimum Gasteiger partial charge on any atom is -0.480 e. The van der Waals surface area contributed by atoms with Crippen LogP contribution in [0, 0.1) is 0 Å². The SMILES string of the molecule is CCC1CN(C)CCCN1CCC(C)(N)C(=O)O. The molecule has 0 spiro atoms. The first-order valence-corrected chi connectivity index (χ1v) is 6.81. The molecule has 2 unspecified atom stereocenters. The Labute approximate surface area is 110 Å². The van der Waals surface area contributed by atoms with Crippen LogP contribution in [-0.2, 0) is 4.79 Å². The number of nitrogens with zero attached hydrogens (tertiary/aromatic N) is 2. The second kappa shape index (κ2) is 6.50. The molecular weight excluding hydrogens is 230 g/mol. The third kappa shape index (κ3) is 4.23. The molecule has 1 saturated heterocycles. The van der Waals surface area contributed by atoms with Gasteiger partial charge in [-0.2, -0.15) is 0 Å². The van der Waals surface area contributed by atoms with Crippen molar-refractivity contribution in [1.29, 1.82) is 0 Å². The minimum atomic E-state index is -1.11. The lowest BCUT2D eigenvalue weighted by Gasteiger charge is -2.32. The number of likely N-dealkylation sites (N-methyl/N-ethyl adjacent to an activating group) is 1. The van der Waals surface area contributed by atoms with Gasteiger partial charge in [0.25, 0.3) is 0 Å². The summed E-state index contributed by atoms with van der Waals surface area (Å²) in [7, 11) is 2.15. The van der Waals surface area contributed by atoms with Crippen LogP contribution in [0.1, 0.15) is 33.1 Å². The molecule has 0 aromatic rings. The van der Waals surface area contributed by atoms with E-state index in [0.717, 1.165) is 39.0 Å². The Balaban J connectivity index is 2.55. The van der Waals surface area contributed by atoms with Gasteiger partial charge in [-0.1, -0.05) is 6.92 Å². The number of hydrogen-bond acceptors (Lipinski definition) is 4. The zero-order chi connectivity index (χ0) is 13.8. The van der Waals surface area contributed by atoms with E-state index in [4.69, 9.17) is 10.8 Å². The summed E-state index contributed by atoms with van der Waals surface area (Å²) in [6, 6.07) is 0.516. The van der Waals surface area contributed by atoms with E-state index >= 15 is 0 Å². The second-order valence-corrected chi connectivity index (χ2v) is 5.69. The highest BCUT2D eigenvalue weighted by Gasteiger charge is 2.30. The Bertz CT molecular complexity index is 281. The third-order valence-corrected chi connectivity index (χ3v) is 3.90. The van der Waals surface area contributed by atoms with E-state index in [1.165, 1.54) is 0 Å². The van der Waals surface area contributed by atoms with E-state index in [1.807, 2.05) is 0 Å². The Morgan fingerprint density at radius 1 is 1.50 bits per heavy atom. The molecule has 1 fully saturated rings. The highest BCUT2D eigenvalue weighted by atomic mass is 16.4. The molecule has 1 rings (SSSR count). The molecule has 1 aliphatic heterocycles. The van der Waals surface area contributed by atoms with Crippen molar-refractivity contribution in [3.63, 3.8) is 0 Å². The Morgan fingerprint density at radius 2 is 2.17 bits per heavy atom. The van der Waals surface area contributed by atoms with Gasteiger partial charge in [-0.15, -0.1) is 0 Å². The van der Waals surface area contributed by atoms with Crippen LogP contribution in [0.5, 0.6) is 0 Å². The van der Waals surface area contributed by atoms with Gasteiger partial charge in [0.05, 0.1) is 0 Å². The van der Waals surface area contributed by atoms with Gasteiger partial charge in [-0.05, 0) is 46.3 Å².